The maximum atomic E-state index is 13.2. The summed E-state index contributed by atoms with van der Waals surface area (Å²) in [6, 6.07) is 7.77. The highest BCUT2D eigenvalue weighted by Crippen LogP contribution is 2.26. The molecule has 3 aromatic rings. The second kappa shape index (κ2) is 15.5. The van der Waals surface area contributed by atoms with Gasteiger partial charge in [0.1, 0.15) is 10.7 Å². The molecule has 0 bridgehead atoms. The van der Waals surface area contributed by atoms with E-state index < -0.39 is 16.0 Å². The molecule has 2 heterocycles. The first-order chi connectivity index (χ1) is 20.0. The number of methoxy groups -OCH3 is 2. The van der Waals surface area contributed by atoms with Gasteiger partial charge in [-0.3, -0.25) is 10.1 Å². The van der Waals surface area contributed by atoms with Gasteiger partial charge in [-0.25, -0.2) is 28.3 Å². The number of aryl methyl sites for hydroxylation is 1. The molecule has 0 radical (unpaired) electrons. The predicted octanol–water partition coefficient (Wildman–Crippen LogP) is 2.09. The average molecular weight is 622 g/mol. The molecule has 0 aliphatic heterocycles. The van der Waals surface area contributed by atoms with Crippen LogP contribution in [0.15, 0.2) is 35.2 Å². The van der Waals surface area contributed by atoms with E-state index in [-0.39, 0.29) is 29.8 Å². The third-order valence-corrected chi connectivity index (χ3v) is 7.78. The maximum Gasteiger partial charge on any atom is 0.350 e. The molecule has 0 spiro atoms. The first-order valence-electron chi connectivity index (χ1n) is 12.9. The highest BCUT2D eigenvalue weighted by molar-refractivity contribution is 7.89. The van der Waals surface area contributed by atoms with E-state index in [1.165, 1.54) is 12.1 Å². The summed E-state index contributed by atoms with van der Waals surface area (Å²) in [5, 5.41) is 11.8. The van der Waals surface area contributed by atoms with Crippen LogP contribution >= 0.6 is 11.3 Å². The minimum Gasteiger partial charge on any atom is -0.462 e. The number of nitrogens with two attached hydrogens (primary N) is 1. The van der Waals surface area contributed by atoms with Gasteiger partial charge in [0, 0.05) is 39.9 Å². The molecule has 1 aromatic carbocycles. The molecule has 0 unspecified atom stereocenters. The molecular formula is C26H35N7O7S2. The number of hydrogen-bond acceptors (Lipinski definition) is 13. The first-order valence-corrected chi connectivity index (χ1v) is 15.3. The lowest BCUT2D eigenvalue weighted by atomic mass is 10.2. The number of sulfonamides is 1. The highest BCUT2D eigenvalue weighted by Gasteiger charge is 2.19. The van der Waals surface area contributed by atoms with Crippen molar-refractivity contribution >= 4 is 50.1 Å². The number of esters is 1. The molecule has 1 amide bonds. The number of carbonyl (C=O) groups is 2. The Labute approximate surface area is 248 Å². The number of thiazole rings is 1. The number of aromatic nitrogens is 3. The van der Waals surface area contributed by atoms with Gasteiger partial charge in [0.15, 0.2) is 5.13 Å². The number of primary sulfonamides is 1. The molecular weight excluding hydrogens is 586 g/mol. The number of ether oxygens (including phenoxy) is 3. The van der Waals surface area contributed by atoms with Crippen molar-refractivity contribution in [2.24, 2.45) is 5.14 Å². The highest BCUT2D eigenvalue weighted by atomic mass is 32.2. The van der Waals surface area contributed by atoms with E-state index >= 15 is 0 Å². The summed E-state index contributed by atoms with van der Waals surface area (Å²) < 4.78 is 38.5. The number of amides is 1. The minimum absolute atomic E-state index is 0.00741. The lowest BCUT2D eigenvalue weighted by Gasteiger charge is -2.22. The summed E-state index contributed by atoms with van der Waals surface area (Å²) in [6.07, 6.45) is -0.0205. The summed E-state index contributed by atoms with van der Waals surface area (Å²) >= 11 is 1.11. The molecule has 0 saturated heterocycles. The van der Waals surface area contributed by atoms with Crippen LogP contribution in [0.25, 0.3) is 0 Å². The van der Waals surface area contributed by atoms with Gasteiger partial charge >= 0.3 is 5.97 Å². The molecule has 0 aliphatic carbocycles. The van der Waals surface area contributed by atoms with Gasteiger partial charge in [-0.05, 0) is 31.5 Å². The van der Waals surface area contributed by atoms with E-state index in [1.54, 1.807) is 51.2 Å². The molecule has 0 saturated carbocycles. The van der Waals surface area contributed by atoms with Gasteiger partial charge in [0.05, 0.1) is 42.5 Å². The predicted molar refractivity (Wildman–Crippen MR) is 157 cm³/mol. The minimum atomic E-state index is -3.80. The van der Waals surface area contributed by atoms with Crippen molar-refractivity contribution in [1.29, 1.82) is 0 Å². The van der Waals surface area contributed by atoms with Crippen LogP contribution in [0, 0.1) is 6.92 Å². The number of hydrogen-bond donors (Lipinski definition) is 3. The van der Waals surface area contributed by atoms with E-state index in [4.69, 9.17) is 19.3 Å². The van der Waals surface area contributed by atoms with Gasteiger partial charge in [0.2, 0.25) is 21.9 Å². The number of benzene rings is 1. The van der Waals surface area contributed by atoms with Crippen molar-refractivity contribution in [3.05, 3.63) is 52.2 Å². The molecule has 228 valence electrons. The SMILES string of the molecule is CCOC(=O)c1sc(Nc2nc(CC(=O)N(CCOC)CCOC)cc(NCc3ccc(S(N)(=O)=O)cc3)n2)nc1C. The summed E-state index contributed by atoms with van der Waals surface area (Å²) in [5.74, 6) is -0.0706. The largest absolute Gasteiger partial charge is 0.462 e. The Bertz CT molecular complexity index is 1460. The van der Waals surface area contributed by atoms with Gasteiger partial charge in [-0.15, -0.1) is 0 Å². The number of carbonyl (C=O) groups excluding carboxylic acids is 2. The summed E-state index contributed by atoms with van der Waals surface area (Å²) in [5.41, 5.74) is 1.71. The Balaban J connectivity index is 1.86. The summed E-state index contributed by atoms with van der Waals surface area (Å²) in [6.45, 7) is 5.49. The van der Waals surface area contributed by atoms with Crippen molar-refractivity contribution in [2.75, 3.05) is 57.8 Å². The number of anilines is 3. The van der Waals surface area contributed by atoms with E-state index in [0.717, 1.165) is 16.9 Å². The Hall–Kier alpha value is -3.70. The van der Waals surface area contributed by atoms with Crippen LogP contribution in [0.3, 0.4) is 0 Å². The normalized spacial score (nSPS) is 11.3. The van der Waals surface area contributed by atoms with E-state index in [0.29, 0.717) is 60.1 Å². The van der Waals surface area contributed by atoms with Gasteiger partial charge in [-0.1, -0.05) is 23.5 Å². The Kier molecular flexibility index (Phi) is 12.1. The quantitative estimate of drug-likeness (QED) is 0.198. The zero-order valence-corrected chi connectivity index (χ0v) is 25.5. The van der Waals surface area contributed by atoms with Gasteiger partial charge in [-0.2, -0.15) is 4.98 Å². The zero-order valence-electron chi connectivity index (χ0n) is 23.9. The lowest BCUT2D eigenvalue weighted by molar-refractivity contribution is -0.131. The van der Waals surface area contributed by atoms with Crippen molar-refractivity contribution in [2.45, 2.75) is 31.7 Å². The van der Waals surface area contributed by atoms with Crippen molar-refractivity contribution in [1.82, 2.24) is 19.9 Å². The molecule has 14 nitrogen and oxygen atoms in total. The third-order valence-electron chi connectivity index (χ3n) is 5.80. The fourth-order valence-corrected chi connectivity index (χ4v) is 5.06. The third kappa shape index (κ3) is 9.70. The van der Waals surface area contributed by atoms with Gasteiger partial charge < -0.3 is 24.4 Å². The topological polar surface area (TPSA) is 188 Å². The fourth-order valence-electron chi connectivity index (χ4n) is 3.69. The molecule has 42 heavy (non-hydrogen) atoms. The first kappa shape index (κ1) is 32.8. The molecule has 2 aromatic heterocycles. The van der Waals surface area contributed by atoms with Gasteiger partial charge in [0.25, 0.3) is 0 Å². The second-order valence-corrected chi connectivity index (χ2v) is 11.5. The number of nitrogens with zero attached hydrogens (tertiary/aromatic N) is 4. The Morgan fingerprint density at radius 2 is 1.71 bits per heavy atom. The Morgan fingerprint density at radius 3 is 2.31 bits per heavy atom. The fraction of sp³-hybridized carbons (Fsp3) is 0.423. The Morgan fingerprint density at radius 1 is 1.05 bits per heavy atom. The molecule has 4 N–H and O–H groups in total. The van der Waals surface area contributed by atoms with Crippen LogP contribution in [0.5, 0.6) is 0 Å². The zero-order chi connectivity index (χ0) is 30.7. The van der Waals surface area contributed by atoms with E-state index in [9.17, 15) is 18.0 Å². The van der Waals surface area contributed by atoms with Crippen molar-refractivity contribution in [3.63, 3.8) is 0 Å². The van der Waals surface area contributed by atoms with Crippen molar-refractivity contribution in [3.8, 4) is 0 Å². The number of rotatable bonds is 16. The van der Waals surface area contributed by atoms with Crippen LogP contribution in [0.4, 0.5) is 16.9 Å². The molecule has 0 fully saturated rings. The lowest BCUT2D eigenvalue weighted by Crippen LogP contribution is -2.37. The average Bonchev–Trinajstić information content (AvgIpc) is 3.31. The summed E-state index contributed by atoms with van der Waals surface area (Å²) in [7, 11) is -0.673. The maximum absolute atomic E-state index is 13.2. The number of nitrogens with one attached hydrogen (secondary N) is 2. The molecule has 16 heteroatoms. The molecule has 0 atom stereocenters. The summed E-state index contributed by atoms with van der Waals surface area (Å²) in [4.78, 5) is 40.9. The van der Waals surface area contributed by atoms with E-state index in [2.05, 4.69) is 25.6 Å². The van der Waals surface area contributed by atoms with Crippen molar-refractivity contribution < 1.29 is 32.2 Å². The molecule has 3 rings (SSSR count). The smallest absolute Gasteiger partial charge is 0.350 e. The van der Waals surface area contributed by atoms with Crippen LogP contribution in [0.1, 0.15) is 33.5 Å². The van der Waals surface area contributed by atoms with Crippen LogP contribution in [-0.2, 0) is 42.0 Å². The van der Waals surface area contributed by atoms with Crippen LogP contribution in [-0.4, -0.2) is 87.3 Å². The molecule has 0 aliphatic rings. The van der Waals surface area contributed by atoms with E-state index in [1.807, 2.05) is 0 Å². The van der Waals surface area contributed by atoms with Crippen LogP contribution in [0.2, 0.25) is 0 Å². The standard InChI is InChI=1S/C26H35N7O7S2/c1-5-40-24(35)23-17(2)29-26(41-23)32-25-30-19(15-22(34)33(10-12-38-3)11-13-39-4)14-21(31-25)28-16-18-6-8-20(9-7-18)42(27,36)37/h6-9,14H,5,10-13,15-16H2,1-4H3,(H2,27,36,37)(H2,28,29,30,31,32). The van der Waals surface area contributed by atoms with Crippen LogP contribution < -0.4 is 15.8 Å². The monoisotopic (exact) mass is 621 g/mol. The second-order valence-electron chi connectivity index (χ2n) is 8.93.